The van der Waals surface area contributed by atoms with Crippen molar-refractivity contribution >= 4 is 0 Å². The van der Waals surface area contributed by atoms with Crippen LogP contribution in [0.2, 0.25) is 0 Å². The Bertz CT molecular complexity index is 584. The predicted molar refractivity (Wildman–Crippen MR) is 50.6 cm³/mol. The van der Waals surface area contributed by atoms with Crippen LogP contribution in [0.1, 0.15) is 0 Å². The van der Waals surface area contributed by atoms with Crippen molar-refractivity contribution in [1.82, 2.24) is 28.9 Å². The molecule has 0 unspecified atom stereocenters. The lowest BCUT2D eigenvalue weighted by Gasteiger charge is -1.87. The second-order valence-corrected chi connectivity index (χ2v) is 2.94. The Morgan fingerprint density at radius 2 is 1.31 bits per heavy atom. The van der Waals surface area contributed by atoms with Crippen LogP contribution in [0.3, 0.4) is 0 Å². The van der Waals surface area contributed by atoms with Crippen LogP contribution in [0.25, 0.3) is 0 Å². The van der Waals surface area contributed by atoms with Gasteiger partial charge in [-0.2, -0.15) is 10.2 Å². The van der Waals surface area contributed by atoms with E-state index < -0.39 is 11.4 Å². The van der Waals surface area contributed by atoms with Gasteiger partial charge in [-0.15, -0.1) is 9.35 Å². The van der Waals surface area contributed by atoms with Crippen molar-refractivity contribution < 1.29 is 0 Å². The molecule has 0 saturated heterocycles. The highest BCUT2D eigenvalue weighted by Crippen LogP contribution is 1.81. The summed E-state index contributed by atoms with van der Waals surface area (Å²) in [7, 11) is 2.95. The van der Waals surface area contributed by atoms with Crippen LogP contribution in [0.5, 0.6) is 0 Å². The molecule has 0 amide bonds. The molecule has 10 nitrogen and oxygen atoms in total. The number of hydrogen-bond donors (Lipinski definition) is 0. The molecular formula is C6H8N8O2. The zero-order chi connectivity index (χ0) is 11.7. The number of rotatable bonds is 2. The standard InChI is InChI=1S/C6H8N8O2/c1-11-5(15)13(3-7-11)9-10-14-4-8-12(2)6(14)16/h3-4H,1-2H3/b10-9+. The molecule has 0 atom stereocenters. The van der Waals surface area contributed by atoms with Crippen molar-refractivity contribution in [2.45, 2.75) is 0 Å². The molecule has 16 heavy (non-hydrogen) atoms. The van der Waals surface area contributed by atoms with Gasteiger partial charge in [-0.3, -0.25) is 0 Å². The van der Waals surface area contributed by atoms with Crippen molar-refractivity contribution in [3.63, 3.8) is 0 Å². The molecule has 0 aromatic carbocycles. The Balaban J connectivity index is 2.35. The van der Waals surface area contributed by atoms with Gasteiger partial charge < -0.3 is 0 Å². The van der Waals surface area contributed by atoms with Crippen molar-refractivity contribution in [2.24, 2.45) is 24.5 Å². The van der Waals surface area contributed by atoms with Crippen molar-refractivity contribution in [1.29, 1.82) is 0 Å². The van der Waals surface area contributed by atoms with Crippen molar-refractivity contribution in [3.8, 4) is 0 Å². The van der Waals surface area contributed by atoms with E-state index in [0.717, 1.165) is 18.7 Å². The van der Waals surface area contributed by atoms with E-state index in [9.17, 15) is 9.59 Å². The Hall–Kier alpha value is -2.52. The third kappa shape index (κ3) is 1.55. The third-order valence-electron chi connectivity index (χ3n) is 1.85. The first kappa shape index (κ1) is 10.0. The molecule has 0 aliphatic rings. The van der Waals surface area contributed by atoms with Gasteiger partial charge >= 0.3 is 11.4 Å². The first-order chi connectivity index (χ1) is 7.59. The largest absolute Gasteiger partial charge is 0.367 e. The van der Waals surface area contributed by atoms with Gasteiger partial charge in [-0.1, -0.05) is 0 Å². The molecule has 84 valence electrons. The topological polar surface area (TPSA) is 104 Å². The second-order valence-electron chi connectivity index (χ2n) is 2.94. The second kappa shape index (κ2) is 3.56. The summed E-state index contributed by atoms with van der Waals surface area (Å²) in [6.07, 6.45) is 2.38. The monoisotopic (exact) mass is 224 g/mol. The van der Waals surface area contributed by atoms with Crippen LogP contribution in [0.15, 0.2) is 32.7 Å². The molecule has 2 rings (SSSR count). The maximum Gasteiger partial charge on any atom is 0.367 e. The molecule has 0 saturated carbocycles. The van der Waals surface area contributed by atoms with Gasteiger partial charge in [-0.05, 0) is 10.4 Å². The van der Waals surface area contributed by atoms with Gasteiger partial charge in [0.15, 0.2) is 0 Å². The lowest BCUT2D eigenvalue weighted by molar-refractivity contribution is 0.627. The summed E-state index contributed by atoms with van der Waals surface area (Å²) in [6, 6.07) is 0. The molecule has 0 spiro atoms. The molecule has 0 radical (unpaired) electrons. The highest BCUT2D eigenvalue weighted by Gasteiger charge is 2.01. The molecule has 2 heterocycles. The maximum absolute atomic E-state index is 11.3. The Labute approximate surface area is 88.0 Å². The molecule has 2 aromatic heterocycles. The molecule has 0 aliphatic carbocycles. The summed E-state index contributed by atoms with van der Waals surface area (Å²) in [5.74, 6) is 0. The molecule has 0 fully saturated rings. The van der Waals surface area contributed by atoms with Crippen LogP contribution >= 0.6 is 0 Å². The Morgan fingerprint density at radius 3 is 1.56 bits per heavy atom. The number of nitrogens with zero attached hydrogens (tertiary/aromatic N) is 8. The van der Waals surface area contributed by atoms with Crippen LogP contribution in [-0.4, -0.2) is 28.9 Å². The van der Waals surface area contributed by atoms with E-state index in [2.05, 4.69) is 20.6 Å². The maximum atomic E-state index is 11.3. The van der Waals surface area contributed by atoms with Crippen molar-refractivity contribution in [2.75, 3.05) is 0 Å². The minimum Gasteiger partial charge on any atom is -0.244 e. The summed E-state index contributed by atoms with van der Waals surface area (Å²) < 4.78 is 3.98. The Kier molecular flexibility index (Phi) is 2.23. The van der Waals surface area contributed by atoms with E-state index >= 15 is 0 Å². The van der Waals surface area contributed by atoms with E-state index in [-0.39, 0.29) is 0 Å². The first-order valence-electron chi connectivity index (χ1n) is 4.23. The zero-order valence-electron chi connectivity index (χ0n) is 8.55. The van der Waals surface area contributed by atoms with Crippen LogP contribution in [0.4, 0.5) is 0 Å². The smallest absolute Gasteiger partial charge is 0.244 e. The third-order valence-corrected chi connectivity index (χ3v) is 1.85. The van der Waals surface area contributed by atoms with Crippen LogP contribution in [-0.2, 0) is 14.1 Å². The lowest BCUT2D eigenvalue weighted by atomic mass is 11.1. The van der Waals surface area contributed by atoms with Gasteiger partial charge in [0.1, 0.15) is 12.7 Å². The highest BCUT2D eigenvalue weighted by atomic mass is 16.2. The van der Waals surface area contributed by atoms with Gasteiger partial charge in [0.05, 0.1) is 0 Å². The first-order valence-corrected chi connectivity index (χ1v) is 4.23. The predicted octanol–water partition coefficient (Wildman–Crippen LogP) is -1.84. The number of aryl methyl sites for hydroxylation is 2. The highest BCUT2D eigenvalue weighted by molar-refractivity contribution is 4.66. The summed E-state index contributed by atoms with van der Waals surface area (Å²) >= 11 is 0. The average Bonchev–Trinajstić information content (AvgIpc) is 2.74. The number of aromatic nitrogens is 6. The fourth-order valence-electron chi connectivity index (χ4n) is 0.956. The molecule has 0 bridgehead atoms. The summed E-state index contributed by atoms with van der Waals surface area (Å²) in [4.78, 5) is 22.6. The van der Waals surface area contributed by atoms with Gasteiger partial charge in [0.25, 0.3) is 0 Å². The fourth-order valence-corrected chi connectivity index (χ4v) is 0.956. The van der Waals surface area contributed by atoms with Crippen LogP contribution in [0, 0.1) is 0 Å². The van der Waals surface area contributed by atoms with Crippen LogP contribution < -0.4 is 11.4 Å². The fraction of sp³-hybridized carbons (Fsp3) is 0.333. The molecule has 0 N–H and O–H groups in total. The van der Waals surface area contributed by atoms with Gasteiger partial charge in [0.2, 0.25) is 0 Å². The molecule has 0 aliphatic heterocycles. The summed E-state index contributed by atoms with van der Waals surface area (Å²) in [5, 5.41) is 14.4. The molecule has 10 heteroatoms. The van der Waals surface area contributed by atoms with E-state index in [1.165, 1.54) is 26.7 Å². The minimum atomic E-state index is -0.458. The summed E-state index contributed by atoms with van der Waals surface area (Å²) in [6.45, 7) is 0. The van der Waals surface area contributed by atoms with E-state index in [0.29, 0.717) is 0 Å². The lowest BCUT2D eigenvalue weighted by Crippen LogP contribution is -2.21. The van der Waals surface area contributed by atoms with E-state index in [4.69, 9.17) is 0 Å². The average molecular weight is 224 g/mol. The van der Waals surface area contributed by atoms with Crippen molar-refractivity contribution in [3.05, 3.63) is 33.6 Å². The van der Waals surface area contributed by atoms with Gasteiger partial charge in [-0.25, -0.2) is 19.0 Å². The minimum absolute atomic E-state index is 0.458. The molecular weight excluding hydrogens is 216 g/mol. The van der Waals surface area contributed by atoms with E-state index in [1.807, 2.05) is 0 Å². The normalized spacial score (nSPS) is 11.4. The summed E-state index contributed by atoms with van der Waals surface area (Å²) in [5.41, 5.74) is -0.915. The number of hydrogen-bond acceptors (Lipinski definition) is 6. The Morgan fingerprint density at radius 1 is 0.938 bits per heavy atom. The molecule has 2 aromatic rings. The quantitative estimate of drug-likeness (QED) is 0.558. The zero-order valence-corrected chi connectivity index (χ0v) is 8.55. The van der Waals surface area contributed by atoms with Gasteiger partial charge in [0, 0.05) is 14.1 Å². The SMILES string of the molecule is Cn1ncn(/N=N/n2cnn(C)c2=O)c1=O. The van der Waals surface area contributed by atoms with E-state index in [1.54, 1.807) is 0 Å².